The molecule has 0 N–H and O–H groups in total. The van der Waals surface area contributed by atoms with Crippen molar-refractivity contribution in [1.29, 1.82) is 0 Å². The van der Waals surface area contributed by atoms with Crippen LogP contribution in [0.15, 0.2) is 48.1 Å². The van der Waals surface area contributed by atoms with Gasteiger partial charge >= 0.3 is 0 Å². The zero-order valence-electron chi connectivity index (χ0n) is 7.33. The maximum absolute atomic E-state index is 3.50. The molecule has 1 aliphatic rings. The monoisotopic (exact) mass is 234 g/mol. The Bertz CT molecular complexity index is 347. The molecule has 1 aromatic carbocycles. The van der Waals surface area contributed by atoms with Crippen molar-refractivity contribution >= 4 is 21.5 Å². The second-order valence-electron chi connectivity index (χ2n) is 3.11. The van der Waals surface area contributed by atoms with E-state index >= 15 is 0 Å². The third-order valence-electron chi connectivity index (χ3n) is 2.29. The van der Waals surface area contributed by atoms with Crippen LogP contribution in [0.4, 0.5) is 0 Å². The van der Waals surface area contributed by atoms with Gasteiger partial charge in [-0.2, -0.15) is 0 Å². The molecule has 0 spiro atoms. The number of hydrogen-bond donors (Lipinski definition) is 0. The van der Waals surface area contributed by atoms with Crippen molar-refractivity contribution in [1.82, 2.24) is 0 Å². The molecule has 0 heterocycles. The van der Waals surface area contributed by atoms with E-state index in [2.05, 4.69) is 58.4 Å². The summed E-state index contributed by atoms with van der Waals surface area (Å²) in [4.78, 5) is 0. The Morgan fingerprint density at radius 2 is 1.92 bits per heavy atom. The molecule has 0 amide bonds. The molecule has 0 saturated heterocycles. The molecule has 0 bridgehead atoms. The Hall–Kier alpha value is -0.820. The van der Waals surface area contributed by atoms with E-state index in [9.17, 15) is 0 Å². The standard InChI is InChI=1S/C12H11Br/c13-9-11-7-4-8-12(11)10-5-2-1-3-6-10/h1-7H,8-9H2. The van der Waals surface area contributed by atoms with Crippen molar-refractivity contribution in [2.75, 3.05) is 5.33 Å². The van der Waals surface area contributed by atoms with E-state index in [1.54, 1.807) is 0 Å². The first-order valence-corrected chi connectivity index (χ1v) is 5.54. The summed E-state index contributed by atoms with van der Waals surface area (Å²) in [5.41, 5.74) is 4.21. The molecule has 1 heteroatoms. The third kappa shape index (κ3) is 1.75. The van der Waals surface area contributed by atoms with Gasteiger partial charge in [-0.3, -0.25) is 0 Å². The lowest BCUT2D eigenvalue weighted by Crippen LogP contribution is -1.85. The van der Waals surface area contributed by atoms with E-state index < -0.39 is 0 Å². The lowest BCUT2D eigenvalue weighted by molar-refractivity contribution is 1.41. The fourth-order valence-corrected chi connectivity index (χ4v) is 2.14. The Labute approximate surface area is 87.1 Å². The van der Waals surface area contributed by atoms with Crippen LogP contribution < -0.4 is 0 Å². The van der Waals surface area contributed by atoms with Gasteiger partial charge < -0.3 is 0 Å². The second-order valence-corrected chi connectivity index (χ2v) is 3.67. The predicted octanol–water partition coefficient (Wildman–Crippen LogP) is 3.80. The van der Waals surface area contributed by atoms with E-state index in [1.165, 1.54) is 16.7 Å². The van der Waals surface area contributed by atoms with Gasteiger partial charge in [0.2, 0.25) is 0 Å². The topological polar surface area (TPSA) is 0 Å². The van der Waals surface area contributed by atoms with Gasteiger partial charge in [0.1, 0.15) is 0 Å². The number of rotatable bonds is 2. The summed E-state index contributed by atoms with van der Waals surface area (Å²) < 4.78 is 0. The average Bonchev–Trinajstić information content (AvgIpc) is 2.67. The van der Waals surface area contributed by atoms with Gasteiger partial charge in [0.25, 0.3) is 0 Å². The third-order valence-corrected chi connectivity index (χ3v) is 2.90. The molecular weight excluding hydrogens is 224 g/mol. The van der Waals surface area contributed by atoms with E-state index in [4.69, 9.17) is 0 Å². The zero-order chi connectivity index (χ0) is 9.10. The minimum Gasteiger partial charge on any atom is -0.0876 e. The summed E-state index contributed by atoms with van der Waals surface area (Å²) in [5, 5.41) is 0.952. The van der Waals surface area contributed by atoms with Crippen LogP contribution in [0.3, 0.4) is 0 Å². The molecule has 0 aromatic heterocycles. The first kappa shape index (κ1) is 8.76. The molecule has 0 atom stereocenters. The molecule has 13 heavy (non-hydrogen) atoms. The summed E-state index contributed by atoms with van der Waals surface area (Å²) in [6.45, 7) is 0. The molecule has 0 fully saturated rings. The summed E-state index contributed by atoms with van der Waals surface area (Å²) >= 11 is 3.50. The smallest absolute Gasteiger partial charge is 0.0286 e. The summed E-state index contributed by atoms with van der Waals surface area (Å²) in [6.07, 6.45) is 5.50. The first-order chi connectivity index (χ1) is 6.42. The lowest BCUT2D eigenvalue weighted by Gasteiger charge is -2.04. The largest absolute Gasteiger partial charge is 0.0876 e. The fourth-order valence-electron chi connectivity index (χ4n) is 1.62. The maximum atomic E-state index is 3.50. The Morgan fingerprint density at radius 3 is 2.62 bits per heavy atom. The van der Waals surface area contributed by atoms with Crippen LogP contribution in [0.2, 0.25) is 0 Å². The van der Waals surface area contributed by atoms with Crippen LogP contribution in [0.25, 0.3) is 5.57 Å². The van der Waals surface area contributed by atoms with Crippen LogP contribution in [0.1, 0.15) is 12.0 Å². The van der Waals surface area contributed by atoms with E-state index in [0.29, 0.717) is 0 Å². The van der Waals surface area contributed by atoms with Gasteiger partial charge in [0, 0.05) is 5.33 Å². The Kier molecular flexibility index (Phi) is 2.65. The predicted molar refractivity (Wildman–Crippen MR) is 60.9 cm³/mol. The van der Waals surface area contributed by atoms with Crippen molar-refractivity contribution in [3.05, 3.63) is 53.6 Å². The van der Waals surface area contributed by atoms with Crippen LogP contribution in [0.5, 0.6) is 0 Å². The van der Waals surface area contributed by atoms with Crippen LogP contribution >= 0.6 is 15.9 Å². The minimum atomic E-state index is 0.952. The molecule has 66 valence electrons. The summed E-state index contributed by atoms with van der Waals surface area (Å²) in [7, 11) is 0. The van der Waals surface area contributed by atoms with E-state index in [0.717, 1.165) is 11.8 Å². The van der Waals surface area contributed by atoms with Crippen molar-refractivity contribution < 1.29 is 0 Å². The molecule has 0 saturated carbocycles. The minimum absolute atomic E-state index is 0.952. The van der Waals surface area contributed by atoms with Crippen molar-refractivity contribution in [3.63, 3.8) is 0 Å². The highest BCUT2D eigenvalue weighted by atomic mass is 79.9. The highest BCUT2D eigenvalue weighted by Crippen LogP contribution is 2.29. The Morgan fingerprint density at radius 1 is 1.15 bits per heavy atom. The van der Waals surface area contributed by atoms with Gasteiger partial charge in [-0.25, -0.2) is 0 Å². The molecule has 0 unspecified atom stereocenters. The fraction of sp³-hybridized carbons (Fsp3) is 0.167. The Balaban J connectivity index is 2.38. The molecule has 2 rings (SSSR count). The second kappa shape index (κ2) is 3.93. The van der Waals surface area contributed by atoms with Crippen LogP contribution in [-0.4, -0.2) is 5.33 Å². The average molecular weight is 235 g/mol. The van der Waals surface area contributed by atoms with Crippen LogP contribution in [0, 0.1) is 0 Å². The summed E-state index contributed by atoms with van der Waals surface area (Å²) in [5.74, 6) is 0. The SMILES string of the molecule is BrCC1=C(c2ccccc2)CC=C1. The number of alkyl halides is 1. The number of allylic oxidation sites excluding steroid dienone is 4. The molecular formula is C12H11Br. The summed E-state index contributed by atoms with van der Waals surface area (Å²) in [6, 6.07) is 10.6. The highest BCUT2D eigenvalue weighted by molar-refractivity contribution is 9.09. The van der Waals surface area contributed by atoms with Gasteiger partial charge in [-0.15, -0.1) is 0 Å². The van der Waals surface area contributed by atoms with E-state index in [-0.39, 0.29) is 0 Å². The zero-order valence-corrected chi connectivity index (χ0v) is 8.92. The van der Waals surface area contributed by atoms with Crippen LogP contribution in [-0.2, 0) is 0 Å². The van der Waals surface area contributed by atoms with Gasteiger partial charge in [0.05, 0.1) is 0 Å². The van der Waals surface area contributed by atoms with Crippen molar-refractivity contribution in [3.8, 4) is 0 Å². The molecule has 0 aliphatic heterocycles. The molecule has 0 nitrogen and oxygen atoms in total. The van der Waals surface area contributed by atoms with Gasteiger partial charge in [0.15, 0.2) is 0 Å². The number of hydrogen-bond acceptors (Lipinski definition) is 0. The molecule has 1 aromatic rings. The quantitative estimate of drug-likeness (QED) is 0.684. The van der Waals surface area contributed by atoms with Crippen molar-refractivity contribution in [2.45, 2.75) is 6.42 Å². The maximum Gasteiger partial charge on any atom is 0.0286 e. The number of benzene rings is 1. The van der Waals surface area contributed by atoms with Crippen molar-refractivity contribution in [2.24, 2.45) is 0 Å². The highest BCUT2D eigenvalue weighted by Gasteiger charge is 2.08. The lowest BCUT2D eigenvalue weighted by atomic mass is 10.0. The normalized spacial score (nSPS) is 15.5. The van der Waals surface area contributed by atoms with Gasteiger partial charge in [-0.05, 0) is 23.1 Å². The molecule has 0 radical (unpaired) electrons. The molecule has 1 aliphatic carbocycles. The van der Waals surface area contributed by atoms with Gasteiger partial charge in [-0.1, -0.05) is 58.4 Å². The first-order valence-electron chi connectivity index (χ1n) is 4.42. The number of halogens is 1. The van der Waals surface area contributed by atoms with E-state index in [1.807, 2.05) is 0 Å².